The van der Waals surface area contributed by atoms with Crippen LogP contribution in [0, 0.1) is 0 Å². The van der Waals surface area contributed by atoms with E-state index in [2.05, 4.69) is 0 Å². The lowest BCUT2D eigenvalue weighted by molar-refractivity contribution is -0.143. The van der Waals surface area contributed by atoms with Crippen LogP contribution in [0.4, 0.5) is 0 Å². The number of nitrogens with two attached hydrogens (primary N) is 2. The van der Waals surface area contributed by atoms with Gasteiger partial charge in [0.25, 0.3) is 0 Å². The molecule has 2 atom stereocenters. The van der Waals surface area contributed by atoms with E-state index in [0.717, 1.165) is 5.56 Å². The summed E-state index contributed by atoms with van der Waals surface area (Å²) in [5, 5.41) is 9.06. The molecule has 1 aromatic rings. The summed E-state index contributed by atoms with van der Waals surface area (Å²) in [6.07, 6.45) is 0.266. The van der Waals surface area contributed by atoms with E-state index in [1.54, 1.807) is 12.1 Å². The first-order valence-electron chi connectivity index (χ1n) is 4.43. The highest BCUT2D eigenvalue weighted by Crippen LogP contribution is 2.40. The number of carboxylic acid groups (broad SMARTS) is 1. The lowest BCUT2D eigenvalue weighted by Gasteiger charge is -2.19. The molecule has 0 aromatic heterocycles. The molecule has 0 aliphatic heterocycles. The van der Waals surface area contributed by atoms with Gasteiger partial charge in [0.15, 0.2) is 0 Å². The third-order valence-electron chi connectivity index (χ3n) is 2.76. The van der Waals surface area contributed by atoms with E-state index in [0.29, 0.717) is 5.56 Å². The molecule has 74 valence electrons. The summed E-state index contributed by atoms with van der Waals surface area (Å²) < 4.78 is 0. The standard InChI is InChI=1S/C10H12N2O2/c11-8-5-10(12,9(13)14)7-4-2-1-3-6(7)8/h1-4,8H,5,11-12H2,(H,13,14). The maximum absolute atomic E-state index is 11.1. The third-order valence-corrected chi connectivity index (χ3v) is 2.76. The van der Waals surface area contributed by atoms with Gasteiger partial charge in [-0.25, -0.2) is 4.79 Å². The van der Waals surface area contributed by atoms with Crippen LogP contribution in [-0.2, 0) is 10.3 Å². The van der Waals surface area contributed by atoms with Gasteiger partial charge in [-0.1, -0.05) is 24.3 Å². The number of rotatable bonds is 1. The highest BCUT2D eigenvalue weighted by atomic mass is 16.4. The number of fused-ring (bicyclic) bond motifs is 1. The van der Waals surface area contributed by atoms with Gasteiger partial charge < -0.3 is 16.6 Å². The topological polar surface area (TPSA) is 89.3 Å². The van der Waals surface area contributed by atoms with Crippen LogP contribution in [0.3, 0.4) is 0 Å². The fourth-order valence-electron chi connectivity index (χ4n) is 2.00. The van der Waals surface area contributed by atoms with Crippen molar-refractivity contribution >= 4 is 5.97 Å². The van der Waals surface area contributed by atoms with Crippen LogP contribution in [0.15, 0.2) is 24.3 Å². The van der Waals surface area contributed by atoms with Crippen molar-refractivity contribution in [1.29, 1.82) is 0 Å². The average molecular weight is 192 g/mol. The van der Waals surface area contributed by atoms with Crippen LogP contribution in [0.25, 0.3) is 0 Å². The van der Waals surface area contributed by atoms with Crippen LogP contribution >= 0.6 is 0 Å². The van der Waals surface area contributed by atoms with Crippen molar-refractivity contribution in [2.24, 2.45) is 11.5 Å². The molecule has 1 aromatic carbocycles. The molecule has 2 rings (SSSR count). The predicted molar refractivity (Wildman–Crippen MR) is 51.5 cm³/mol. The number of hydrogen-bond acceptors (Lipinski definition) is 3. The van der Waals surface area contributed by atoms with Crippen LogP contribution in [-0.4, -0.2) is 11.1 Å². The van der Waals surface area contributed by atoms with E-state index in [9.17, 15) is 4.79 Å². The van der Waals surface area contributed by atoms with Crippen molar-refractivity contribution in [1.82, 2.24) is 0 Å². The summed E-state index contributed by atoms with van der Waals surface area (Å²) in [7, 11) is 0. The summed E-state index contributed by atoms with van der Waals surface area (Å²) >= 11 is 0. The van der Waals surface area contributed by atoms with Crippen LogP contribution in [0.1, 0.15) is 23.6 Å². The van der Waals surface area contributed by atoms with Gasteiger partial charge in [0, 0.05) is 6.04 Å². The van der Waals surface area contributed by atoms with Gasteiger partial charge in [-0.2, -0.15) is 0 Å². The molecule has 0 saturated heterocycles. The van der Waals surface area contributed by atoms with Gasteiger partial charge in [0.05, 0.1) is 0 Å². The Balaban J connectivity index is 2.59. The van der Waals surface area contributed by atoms with E-state index in [4.69, 9.17) is 16.6 Å². The first kappa shape index (κ1) is 9.18. The number of aliphatic carboxylic acids is 1. The van der Waals surface area contributed by atoms with Gasteiger partial charge >= 0.3 is 5.97 Å². The smallest absolute Gasteiger partial charge is 0.328 e. The first-order chi connectivity index (χ1) is 6.55. The molecule has 1 aliphatic carbocycles. The maximum atomic E-state index is 11.1. The Morgan fingerprint density at radius 3 is 2.79 bits per heavy atom. The number of benzene rings is 1. The van der Waals surface area contributed by atoms with Gasteiger partial charge in [0.1, 0.15) is 5.54 Å². The minimum absolute atomic E-state index is 0.266. The molecule has 0 amide bonds. The normalized spacial score (nSPS) is 30.0. The van der Waals surface area contributed by atoms with E-state index in [1.807, 2.05) is 12.1 Å². The van der Waals surface area contributed by atoms with Gasteiger partial charge in [0.2, 0.25) is 0 Å². The van der Waals surface area contributed by atoms with Crippen LogP contribution in [0.2, 0.25) is 0 Å². The summed E-state index contributed by atoms with van der Waals surface area (Å²) in [5.74, 6) is -1.02. The summed E-state index contributed by atoms with van der Waals surface area (Å²) in [5.41, 5.74) is 11.8. The second-order valence-electron chi connectivity index (χ2n) is 3.67. The maximum Gasteiger partial charge on any atom is 0.328 e. The Kier molecular flexibility index (Phi) is 1.83. The summed E-state index contributed by atoms with van der Waals surface area (Å²) in [6.45, 7) is 0. The Morgan fingerprint density at radius 1 is 1.50 bits per heavy atom. The Hall–Kier alpha value is -1.39. The lowest BCUT2D eigenvalue weighted by atomic mass is 9.93. The SMILES string of the molecule is NC1CC(N)(C(=O)O)c2ccccc21. The lowest BCUT2D eigenvalue weighted by Crippen LogP contribution is -2.43. The van der Waals surface area contributed by atoms with Crippen molar-refractivity contribution in [3.8, 4) is 0 Å². The minimum atomic E-state index is -1.31. The third kappa shape index (κ3) is 1.05. The summed E-state index contributed by atoms with van der Waals surface area (Å²) in [6, 6.07) is 6.91. The fraction of sp³-hybridized carbons (Fsp3) is 0.300. The molecule has 4 nitrogen and oxygen atoms in total. The number of carbonyl (C=O) groups is 1. The first-order valence-corrected chi connectivity index (χ1v) is 4.43. The predicted octanol–water partition coefficient (Wildman–Crippen LogP) is 0.329. The zero-order valence-corrected chi connectivity index (χ0v) is 7.60. The van der Waals surface area contributed by atoms with Gasteiger partial charge in [-0.3, -0.25) is 0 Å². The second kappa shape index (κ2) is 2.80. The molecule has 4 heteroatoms. The molecule has 0 saturated carbocycles. The second-order valence-corrected chi connectivity index (χ2v) is 3.67. The van der Waals surface area contributed by atoms with Crippen molar-refractivity contribution in [2.75, 3.05) is 0 Å². The van der Waals surface area contributed by atoms with Crippen molar-refractivity contribution in [2.45, 2.75) is 18.0 Å². The monoisotopic (exact) mass is 192 g/mol. The molecule has 2 unspecified atom stereocenters. The molecule has 14 heavy (non-hydrogen) atoms. The Morgan fingerprint density at radius 2 is 2.14 bits per heavy atom. The van der Waals surface area contributed by atoms with Crippen molar-refractivity contribution in [3.63, 3.8) is 0 Å². The molecule has 0 radical (unpaired) electrons. The van der Waals surface area contributed by atoms with Crippen LogP contribution < -0.4 is 11.5 Å². The van der Waals surface area contributed by atoms with E-state index < -0.39 is 11.5 Å². The molecule has 5 N–H and O–H groups in total. The quantitative estimate of drug-likeness (QED) is 0.598. The molecule has 0 fully saturated rings. The minimum Gasteiger partial charge on any atom is -0.480 e. The van der Waals surface area contributed by atoms with Crippen molar-refractivity contribution in [3.05, 3.63) is 35.4 Å². The highest BCUT2D eigenvalue weighted by molar-refractivity contribution is 5.82. The van der Waals surface area contributed by atoms with Gasteiger partial charge in [-0.05, 0) is 17.5 Å². The van der Waals surface area contributed by atoms with E-state index in [-0.39, 0.29) is 12.5 Å². The molecule has 0 heterocycles. The van der Waals surface area contributed by atoms with Crippen molar-refractivity contribution < 1.29 is 9.90 Å². The number of hydrogen-bond donors (Lipinski definition) is 3. The largest absolute Gasteiger partial charge is 0.480 e. The van der Waals surface area contributed by atoms with E-state index >= 15 is 0 Å². The Bertz CT molecular complexity index is 391. The van der Waals surface area contributed by atoms with Crippen LogP contribution in [0.5, 0.6) is 0 Å². The van der Waals surface area contributed by atoms with E-state index in [1.165, 1.54) is 0 Å². The zero-order chi connectivity index (χ0) is 10.3. The Labute approximate surface area is 81.5 Å². The molecule has 0 bridgehead atoms. The fourth-order valence-corrected chi connectivity index (χ4v) is 2.00. The molecular formula is C10H12N2O2. The molecular weight excluding hydrogens is 180 g/mol. The summed E-state index contributed by atoms with van der Waals surface area (Å²) in [4.78, 5) is 11.1. The average Bonchev–Trinajstić information content (AvgIpc) is 2.42. The molecule has 0 spiro atoms. The molecule has 1 aliphatic rings. The highest BCUT2D eigenvalue weighted by Gasteiger charge is 2.45. The zero-order valence-electron chi connectivity index (χ0n) is 7.60. The number of carboxylic acids is 1. The van der Waals surface area contributed by atoms with Gasteiger partial charge in [-0.15, -0.1) is 0 Å².